The Balaban J connectivity index is 1.51. The number of rotatable bonds is 4. The first-order valence-corrected chi connectivity index (χ1v) is 9.53. The van der Waals surface area contributed by atoms with Crippen LogP contribution in [0.4, 0.5) is 0 Å². The zero-order chi connectivity index (χ0) is 18.1. The molecule has 0 saturated heterocycles. The molecule has 136 valence electrons. The van der Waals surface area contributed by atoms with E-state index in [9.17, 15) is 19.2 Å². The topological polar surface area (TPSA) is 74.8 Å². The summed E-state index contributed by atoms with van der Waals surface area (Å²) in [6.07, 6.45) is 11.6. The summed E-state index contributed by atoms with van der Waals surface area (Å²) in [6.45, 7) is 0.858. The fourth-order valence-corrected chi connectivity index (χ4v) is 6.83. The largest absolute Gasteiger partial charge is 0.275 e. The standard InChI is InChI=1S/C20H22N2O4/c23-15-3-4-16(24)21(15)11-19-9-7-13(10-19)14-2-1-8-20(14,19)12-22-17(25)5-6-18(22)26/h3-6,13-14H,1-2,7-12H2. The SMILES string of the molecule is O=C1C=CC(=O)N1CC12CCC(C1)C1CCCC12CN1C(=O)C=CC1=O. The van der Waals surface area contributed by atoms with Crippen LogP contribution in [0.25, 0.3) is 0 Å². The highest BCUT2D eigenvalue weighted by Crippen LogP contribution is 2.73. The van der Waals surface area contributed by atoms with E-state index in [1.54, 1.807) is 0 Å². The van der Waals surface area contributed by atoms with Crippen LogP contribution in [0.15, 0.2) is 24.3 Å². The highest BCUT2D eigenvalue weighted by Gasteiger charge is 2.69. The van der Waals surface area contributed by atoms with Crippen LogP contribution in [0.2, 0.25) is 0 Å². The maximum Gasteiger partial charge on any atom is 0.253 e. The van der Waals surface area contributed by atoms with Gasteiger partial charge in [0.2, 0.25) is 0 Å². The molecule has 4 unspecified atom stereocenters. The number of fused-ring (bicyclic) bond motifs is 5. The third kappa shape index (κ3) is 1.87. The molecule has 26 heavy (non-hydrogen) atoms. The van der Waals surface area contributed by atoms with E-state index in [0.29, 0.717) is 24.9 Å². The van der Waals surface area contributed by atoms with E-state index in [4.69, 9.17) is 0 Å². The van der Waals surface area contributed by atoms with Crippen LogP contribution >= 0.6 is 0 Å². The number of nitrogens with zero attached hydrogens (tertiary/aromatic N) is 2. The second kappa shape index (κ2) is 5.15. The molecule has 0 spiro atoms. The molecule has 4 amide bonds. The Kier molecular flexibility index (Phi) is 3.16. The molecule has 5 aliphatic rings. The van der Waals surface area contributed by atoms with Crippen molar-refractivity contribution < 1.29 is 19.2 Å². The first-order valence-electron chi connectivity index (χ1n) is 9.53. The van der Waals surface area contributed by atoms with Gasteiger partial charge >= 0.3 is 0 Å². The second-order valence-electron chi connectivity index (χ2n) is 8.63. The lowest BCUT2D eigenvalue weighted by Gasteiger charge is -2.50. The van der Waals surface area contributed by atoms with Gasteiger partial charge in [-0.3, -0.25) is 29.0 Å². The van der Waals surface area contributed by atoms with E-state index < -0.39 is 0 Å². The molecule has 3 saturated carbocycles. The summed E-state index contributed by atoms with van der Waals surface area (Å²) in [6, 6.07) is 0. The number of imide groups is 2. The molecule has 4 atom stereocenters. The van der Waals surface area contributed by atoms with Crippen molar-refractivity contribution >= 4 is 23.6 Å². The van der Waals surface area contributed by atoms with Gasteiger partial charge in [0.05, 0.1) is 0 Å². The molecule has 2 heterocycles. The molecule has 2 bridgehead atoms. The maximum atomic E-state index is 12.2. The van der Waals surface area contributed by atoms with Crippen molar-refractivity contribution in [2.24, 2.45) is 22.7 Å². The molecular weight excluding hydrogens is 332 g/mol. The lowest BCUT2D eigenvalue weighted by atomic mass is 9.58. The molecular formula is C20H22N2O4. The minimum absolute atomic E-state index is 0.156. The Morgan fingerprint density at radius 2 is 1.38 bits per heavy atom. The summed E-state index contributed by atoms with van der Waals surface area (Å²) in [4.78, 5) is 51.5. The van der Waals surface area contributed by atoms with Gasteiger partial charge in [0, 0.05) is 37.4 Å². The zero-order valence-corrected chi connectivity index (χ0v) is 14.6. The van der Waals surface area contributed by atoms with Crippen molar-refractivity contribution in [2.45, 2.75) is 38.5 Å². The van der Waals surface area contributed by atoms with Gasteiger partial charge in [0.25, 0.3) is 23.6 Å². The first-order chi connectivity index (χ1) is 12.5. The molecule has 5 rings (SSSR count). The molecule has 0 radical (unpaired) electrons. The predicted octanol–water partition coefficient (Wildman–Crippen LogP) is 1.42. The minimum atomic E-state index is -0.237. The van der Waals surface area contributed by atoms with Crippen molar-refractivity contribution in [3.05, 3.63) is 24.3 Å². The monoisotopic (exact) mass is 354 g/mol. The van der Waals surface area contributed by atoms with Gasteiger partial charge < -0.3 is 0 Å². The average molecular weight is 354 g/mol. The van der Waals surface area contributed by atoms with Crippen molar-refractivity contribution in [3.63, 3.8) is 0 Å². The van der Waals surface area contributed by atoms with E-state index in [0.717, 1.165) is 38.5 Å². The summed E-state index contributed by atoms with van der Waals surface area (Å²) in [5.74, 6) is 0.127. The molecule has 0 aromatic rings. The molecule has 2 aliphatic heterocycles. The van der Waals surface area contributed by atoms with Gasteiger partial charge in [-0.15, -0.1) is 0 Å². The number of hydrogen-bond acceptors (Lipinski definition) is 4. The number of amides is 4. The number of carbonyl (C=O) groups excluding carboxylic acids is 4. The summed E-state index contributed by atoms with van der Waals surface area (Å²) in [5.41, 5.74) is -0.324. The van der Waals surface area contributed by atoms with Crippen LogP contribution in [0.3, 0.4) is 0 Å². The molecule has 6 heteroatoms. The lowest BCUT2D eigenvalue weighted by Crippen LogP contribution is -2.55. The van der Waals surface area contributed by atoms with Crippen LogP contribution in [-0.2, 0) is 19.2 Å². The van der Waals surface area contributed by atoms with E-state index in [-0.39, 0.29) is 34.5 Å². The van der Waals surface area contributed by atoms with Crippen molar-refractivity contribution in [2.75, 3.05) is 13.1 Å². The lowest BCUT2D eigenvalue weighted by molar-refractivity contribution is -0.147. The predicted molar refractivity (Wildman–Crippen MR) is 91.3 cm³/mol. The Morgan fingerprint density at radius 3 is 2.00 bits per heavy atom. The van der Waals surface area contributed by atoms with Crippen LogP contribution in [0, 0.1) is 22.7 Å². The summed E-state index contributed by atoms with van der Waals surface area (Å²) in [7, 11) is 0. The van der Waals surface area contributed by atoms with Crippen molar-refractivity contribution in [1.29, 1.82) is 0 Å². The van der Waals surface area contributed by atoms with Crippen LogP contribution < -0.4 is 0 Å². The summed E-state index contributed by atoms with van der Waals surface area (Å²) < 4.78 is 0. The van der Waals surface area contributed by atoms with Crippen LogP contribution in [0.5, 0.6) is 0 Å². The quantitative estimate of drug-likeness (QED) is 0.716. The van der Waals surface area contributed by atoms with Gasteiger partial charge in [-0.2, -0.15) is 0 Å². The van der Waals surface area contributed by atoms with E-state index in [1.807, 2.05) is 0 Å². The van der Waals surface area contributed by atoms with Gasteiger partial charge in [0.1, 0.15) is 0 Å². The highest BCUT2D eigenvalue weighted by atomic mass is 16.2. The second-order valence-corrected chi connectivity index (χ2v) is 8.63. The van der Waals surface area contributed by atoms with Gasteiger partial charge in [-0.1, -0.05) is 6.42 Å². The van der Waals surface area contributed by atoms with Crippen LogP contribution in [0.1, 0.15) is 38.5 Å². The summed E-state index contributed by atoms with van der Waals surface area (Å²) >= 11 is 0. The third-order valence-corrected chi connectivity index (χ3v) is 7.82. The van der Waals surface area contributed by atoms with Crippen LogP contribution in [-0.4, -0.2) is 46.5 Å². The Labute approximate surface area is 151 Å². The molecule has 0 N–H and O–H groups in total. The maximum absolute atomic E-state index is 12.2. The van der Waals surface area contributed by atoms with E-state index in [1.165, 1.54) is 34.1 Å². The Bertz CT molecular complexity index is 764. The normalized spacial score (nSPS) is 40.6. The smallest absolute Gasteiger partial charge is 0.253 e. The molecule has 0 aromatic carbocycles. The fraction of sp³-hybridized carbons (Fsp3) is 0.600. The Hall–Kier alpha value is -2.24. The third-order valence-electron chi connectivity index (χ3n) is 7.82. The van der Waals surface area contributed by atoms with Crippen molar-refractivity contribution in [3.8, 4) is 0 Å². The fourth-order valence-electron chi connectivity index (χ4n) is 6.83. The van der Waals surface area contributed by atoms with Crippen molar-refractivity contribution in [1.82, 2.24) is 9.80 Å². The highest BCUT2D eigenvalue weighted by molar-refractivity contribution is 6.13. The van der Waals surface area contributed by atoms with Gasteiger partial charge in [0.15, 0.2) is 0 Å². The molecule has 3 aliphatic carbocycles. The van der Waals surface area contributed by atoms with Gasteiger partial charge in [-0.05, 0) is 54.8 Å². The minimum Gasteiger partial charge on any atom is -0.275 e. The van der Waals surface area contributed by atoms with E-state index >= 15 is 0 Å². The zero-order valence-electron chi connectivity index (χ0n) is 14.6. The molecule has 6 nitrogen and oxygen atoms in total. The number of carbonyl (C=O) groups is 4. The molecule has 3 fully saturated rings. The Morgan fingerprint density at radius 1 is 0.808 bits per heavy atom. The number of hydrogen-bond donors (Lipinski definition) is 0. The average Bonchev–Trinajstić information content (AvgIpc) is 3.39. The van der Waals surface area contributed by atoms with E-state index in [2.05, 4.69) is 0 Å². The first kappa shape index (κ1) is 16.0. The van der Waals surface area contributed by atoms with Gasteiger partial charge in [-0.25, -0.2) is 0 Å². The summed E-state index contributed by atoms with van der Waals surface area (Å²) in [5, 5.41) is 0. The molecule has 0 aromatic heterocycles.